The Labute approximate surface area is 116 Å². The summed E-state index contributed by atoms with van der Waals surface area (Å²) in [7, 11) is 0. The van der Waals surface area contributed by atoms with Crippen LogP contribution in [0.5, 0.6) is 0 Å². The average molecular weight is 266 g/mol. The highest BCUT2D eigenvalue weighted by molar-refractivity contribution is 6.01. The zero-order valence-corrected chi connectivity index (χ0v) is 13.2. The van der Waals surface area contributed by atoms with Crippen molar-refractivity contribution in [3.8, 4) is 0 Å². The highest BCUT2D eigenvalue weighted by Crippen LogP contribution is 2.18. The smallest absolute Gasteiger partial charge is 0.341 e. The van der Waals surface area contributed by atoms with Crippen LogP contribution in [0.1, 0.15) is 54.9 Å². The molecule has 108 valence electrons. The molecule has 19 heavy (non-hydrogen) atoms. The average Bonchev–Trinajstić information content (AvgIpc) is 2.23. The van der Waals surface area contributed by atoms with Crippen LogP contribution in [0, 0.1) is 11.3 Å². The summed E-state index contributed by atoms with van der Waals surface area (Å²) in [6.45, 7) is 13.4. The first-order chi connectivity index (χ1) is 8.53. The van der Waals surface area contributed by atoms with E-state index in [9.17, 15) is 9.59 Å². The largest absolute Gasteiger partial charge is 0.386 e. The number of carbonyl (C=O) groups is 2. The summed E-state index contributed by atoms with van der Waals surface area (Å²) in [6.07, 6.45) is 4.41. The van der Waals surface area contributed by atoms with Crippen LogP contribution in [0.4, 0.5) is 0 Å². The second-order valence-corrected chi connectivity index (χ2v) is 6.39. The van der Waals surface area contributed by atoms with E-state index in [0.29, 0.717) is 17.1 Å². The lowest BCUT2D eigenvalue weighted by Crippen LogP contribution is -2.15. The van der Waals surface area contributed by atoms with E-state index >= 15 is 0 Å². The van der Waals surface area contributed by atoms with Crippen molar-refractivity contribution in [1.82, 2.24) is 0 Å². The maximum atomic E-state index is 11.7. The first kappa shape index (κ1) is 17.6. The van der Waals surface area contributed by atoms with E-state index in [2.05, 4.69) is 13.8 Å². The lowest BCUT2D eigenvalue weighted by Gasteiger charge is -2.13. The Hall–Kier alpha value is -1.38. The lowest BCUT2D eigenvalue weighted by molar-refractivity contribution is -0.154. The van der Waals surface area contributed by atoms with Gasteiger partial charge in [-0.05, 0) is 31.6 Å². The molecule has 0 aliphatic heterocycles. The normalized spacial score (nSPS) is 13.7. The van der Waals surface area contributed by atoms with Gasteiger partial charge in [-0.15, -0.1) is 0 Å². The summed E-state index contributed by atoms with van der Waals surface area (Å²) in [4.78, 5) is 23.4. The highest BCUT2D eigenvalue weighted by Gasteiger charge is 2.16. The van der Waals surface area contributed by atoms with E-state index in [4.69, 9.17) is 4.74 Å². The van der Waals surface area contributed by atoms with Crippen molar-refractivity contribution >= 4 is 11.9 Å². The third-order valence-corrected chi connectivity index (χ3v) is 2.37. The molecule has 0 fully saturated rings. The third-order valence-electron chi connectivity index (χ3n) is 2.37. The second-order valence-electron chi connectivity index (χ2n) is 6.39. The first-order valence-corrected chi connectivity index (χ1v) is 6.65. The molecule has 0 aromatic rings. The van der Waals surface area contributed by atoms with Crippen LogP contribution in [0.25, 0.3) is 0 Å². The van der Waals surface area contributed by atoms with Crippen LogP contribution < -0.4 is 0 Å². The summed E-state index contributed by atoms with van der Waals surface area (Å²) in [5.41, 5.74) is 0.817. The second kappa shape index (κ2) is 7.27. The summed E-state index contributed by atoms with van der Waals surface area (Å²) >= 11 is 0. The lowest BCUT2D eigenvalue weighted by atomic mass is 9.94. The predicted octanol–water partition coefficient (Wildman–Crippen LogP) is 4.04. The molecule has 0 rings (SSSR count). The van der Waals surface area contributed by atoms with Gasteiger partial charge in [-0.3, -0.25) is 0 Å². The number of hydrogen-bond donors (Lipinski definition) is 0. The Balaban J connectivity index is 4.62. The molecule has 0 aromatic carbocycles. The van der Waals surface area contributed by atoms with Crippen LogP contribution in [-0.4, -0.2) is 11.9 Å². The van der Waals surface area contributed by atoms with Crippen molar-refractivity contribution in [2.75, 3.05) is 0 Å². The molecule has 0 N–H and O–H groups in total. The van der Waals surface area contributed by atoms with Crippen molar-refractivity contribution in [3.05, 3.63) is 23.3 Å². The minimum absolute atomic E-state index is 0.116. The van der Waals surface area contributed by atoms with Gasteiger partial charge in [0.1, 0.15) is 0 Å². The number of esters is 2. The fraction of sp³-hybridized carbons (Fsp3) is 0.625. The highest BCUT2D eigenvalue weighted by atomic mass is 16.6. The summed E-state index contributed by atoms with van der Waals surface area (Å²) in [6, 6.07) is 0. The molecule has 0 atom stereocenters. The number of carbonyl (C=O) groups excluding carboxylic acids is 2. The molecule has 0 heterocycles. The summed E-state index contributed by atoms with van der Waals surface area (Å²) in [5, 5.41) is 0. The number of ether oxygens (including phenoxy) is 1. The monoisotopic (exact) mass is 266 g/mol. The molecule has 0 aliphatic carbocycles. The SMILES string of the molecule is CC(=CCC(C)C)C(=O)OC(=O)C(C)=CC(C)(C)C. The molecule has 0 saturated carbocycles. The Morgan fingerprint density at radius 3 is 1.95 bits per heavy atom. The molecule has 3 nitrogen and oxygen atoms in total. The fourth-order valence-corrected chi connectivity index (χ4v) is 1.45. The minimum Gasteiger partial charge on any atom is -0.386 e. The van der Waals surface area contributed by atoms with Gasteiger partial charge in [0.2, 0.25) is 0 Å². The number of hydrogen-bond acceptors (Lipinski definition) is 3. The van der Waals surface area contributed by atoms with E-state index in [-0.39, 0.29) is 5.41 Å². The van der Waals surface area contributed by atoms with Gasteiger partial charge in [0.15, 0.2) is 0 Å². The Bertz CT molecular complexity index is 393. The van der Waals surface area contributed by atoms with Crippen LogP contribution in [-0.2, 0) is 14.3 Å². The van der Waals surface area contributed by atoms with Crippen molar-refractivity contribution < 1.29 is 14.3 Å². The van der Waals surface area contributed by atoms with Gasteiger partial charge in [-0.2, -0.15) is 0 Å². The molecule has 0 spiro atoms. The van der Waals surface area contributed by atoms with Gasteiger partial charge in [0.25, 0.3) is 0 Å². The molecular formula is C16H26O3. The van der Waals surface area contributed by atoms with E-state index in [1.165, 1.54) is 0 Å². The van der Waals surface area contributed by atoms with Crippen LogP contribution in [0.3, 0.4) is 0 Å². The molecular weight excluding hydrogens is 240 g/mol. The van der Waals surface area contributed by atoms with Gasteiger partial charge in [-0.25, -0.2) is 9.59 Å². The van der Waals surface area contributed by atoms with E-state index in [0.717, 1.165) is 6.42 Å². The van der Waals surface area contributed by atoms with Crippen LogP contribution in [0.2, 0.25) is 0 Å². The van der Waals surface area contributed by atoms with E-state index in [1.807, 2.05) is 26.8 Å². The minimum atomic E-state index is -0.572. The van der Waals surface area contributed by atoms with Crippen LogP contribution >= 0.6 is 0 Å². The quantitative estimate of drug-likeness (QED) is 0.438. The van der Waals surface area contributed by atoms with Crippen molar-refractivity contribution in [1.29, 1.82) is 0 Å². The Kier molecular flexibility index (Phi) is 6.74. The standard InChI is InChI=1S/C16H26O3/c1-11(2)8-9-12(3)14(17)19-15(18)13(4)10-16(5,6)7/h9-11H,8H2,1-7H3. The third kappa shape index (κ3) is 8.36. The van der Waals surface area contributed by atoms with Gasteiger partial charge < -0.3 is 4.74 Å². The van der Waals surface area contributed by atoms with Gasteiger partial charge in [0.05, 0.1) is 0 Å². The Morgan fingerprint density at radius 1 is 1.05 bits per heavy atom. The van der Waals surface area contributed by atoms with Gasteiger partial charge >= 0.3 is 11.9 Å². The van der Waals surface area contributed by atoms with E-state index in [1.54, 1.807) is 19.9 Å². The molecule has 0 aromatic heterocycles. The van der Waals surface area contributed by atoms with Crippen LogP contribution in [0.15, 0.2) is 23.3 Å². The number of allylic oxidation sites excluding steroid dienone is 2. The summed E-state index contributed by atoms with van der Waals surface area (Å²) < 4.78 is 4.84. The zero-order valence-electron chi connectivity index (χ0n) is 13.2. The number of rotatable bonds is 4. The molecule has 0 aliphatic rings. The van der Waals surface area contributed by atoms with Gasteiger partial charge in [0, 0.05) is 11.1 Å². The summed E-state index contributed by atoms with van der Waals surface area (Å²) in [5.74, 6) is -0.662. The van der Waals surface area contributed by atoms with Crippen molar-refractivity contribution in [2.24, 2.45) is 11.3 Å². The van der Waals surface area contributed by atoms with E-state index < -0.39 is 11.9 Å². The maximum absolute atomic E-state index is 11.7. The van der Waals surface area contributed by atoms with Crippen molar-refractivity contribution in [2.45, 2.75) is 54.9 Å². The molecule has 0 saturated heterocycles. The molecule has 0 amide bonds. The predicted molar refractivity (Wildman–Crippen MR) is 77.5 cm³/mol. The first-order valence-electron chi connectivity index (χ1n) is 6.65. The molecule has 3 heteroatoms. The topological polar surface area (TPSA) is 43.4 Å². The molecule has 0 unspecified atom stereocenters. The molecule has 0 radical (unpaired) electrons. The maximum Gasteiger partial charge on any atom is 0.341 e. The fourth-order valence-electron chi connectivity index (χ4n) is 1.45. The van der Waals surface area contributed by atoms with Crippen molar-refractivity contribution in [3.63, 3.8) is 0 Å². The van der Waals surface area contributed by atoms with Gasteiger partial charge in [-0.1, -0.05) is 46.8 Å². The zero-order chi connectivity index (χ0) is 15.2. The molecule has 0 bridgehead atoms. The Morgan fingerprint density at radius 2 is 1.53 bits per heavy atom.